The van der Waals surface area contributed by atoms with E-state index >= 15 is 0 Å². The molecule has 0 bridgehead atoms. The zero-order valence-corrected chi connectivity index (χ0v) is 11.0. The van der Waals surface area contributed by atoms with Crippen molar-refractivity contribution in [3.05, 3.63) is 57.6 Å². The summed E-state index contributed by atoms with van der Waals surface area (Å²) >= 11 is 5.78. The van der Waals surface area contributed by atoms with Crippen molar-refractivity contribution in [3.8, 4) is 16.9 Å². The molecule has 0 aromatic heterocycles. The first-order chi connectivity index (χ1) is 9.74. The van der Waals surface area contributed by atoms with Crippen LogP contribution < -0.4 is 4.74 Å². The Labute approximate surface area is 121 Å². The van der Waals surface area contributed by atoms with E-state index < -0.39 is 11.3 Å². The smallest absolute Gasteiger partial charge is 0.406 e. The molecular formula is C13H7ClF3NO3. The van der Waals surface area contributed by atoms with E-state index in [9.17, 15) is 23.3 Å². The predicted molar refractivity (Wildman–Crippen MR) is 70.2 cm³/mol. The molecule has 0 aliphatic heterocycles. The normalized spacial score (nSPS) is 11.2. The van der Waals surface area contributed by atoms with E-state index in [1.807, 2.05) is 0 Å². The van der Waals surface area contributed by atoms with Crippen LogP contribution in [0.4, 0.5) is 18.9 Å². The molecule has 4 nitrogen and oxygen atoms in total. The standard InChI is InChI=1S/C13H7ClF3NO3/c14-10-5-9(6-11(7-10)18(19)20)8-1-3-12(4-2-8)21-13(15,16)17/h1-7H. The van der Waals surface area contributed by atoms with Crippen LogP contribution in [0.2, 0.25) is 5.02 Å². The van der Waals surface area contributed by atoms with E-state index in [1.54, 1.807) is 0 Å². The van der Waals surface area contributed by atoms with Crippen molar-refractivity contribution in [1.29, 1.82) is 0 Å². The molecular weight excluding hydrogens is 311 g/mol. The lowest BCUT2D eigenvalue weighted by Gasteiger charge is -2.09. The summed E-state index contributed by atoms with van der Waals surface area (Å²) in [5.41, 5.74) is 0.705. The maximum atomic E-state index is 12.0. The Morgan fingerprint density at radius 3 is 2.19 bits per heavy atom. The average molecular weight is 318 g/mol. The van der Waals surface area contributed by atoms with Gasteiger partial charge in [-0.15, -0.1) is 13.2 Å². The second kappa shape index (κ2) is 5.61. The molecule has 8 heteroatoms. The van der Waals surface area contributed by atoms with Gasteiger partial charge in [-0.25, -0.2) is 0 Å². The number of alkyl halides is 3. The monoisotopic (exact) mass is 317 g/mol. The molecule has 0 spiro atoms. The van der Waals surface area contributed by atoms with Gasteiger partial charge in [-0.3, -0.25) is 10.1 Å². The number of non-ortho nitro benzene ring substituents is 1. The van der Waals surface area contributed by atoms with Crippen molar-refractivity contribution < 1.29 is 22.8 Å². The minimum absolute atomic E-state index is 0.162. The van der Waals surface area contributed by atoms with Crippen LogP contribution >= 0.6 is 11.6 Å². The van der Waals surface area contributed by atoms with Crippen molar-refractivity contribution in [2.45, 2.75) is 6.36 Å². The van der Waals surface area contributed by atoms with E-state index in [2.05, 4.69) is 4.74 Å². The minimum atomic E-state index is -4.77. The molecule has 0 saturated heterocycles. The summed E-state index contributed by atoms with van der Waals surface area (Å²) in [6.07, 6.45) is -4.77. The van der Waals surface area contributed by atoms with Gasteiger partial charge < -0.3 is 4.74 Å². The summed E-state index contributed by atoms with van der Waals surface area (Å²) in [5.74, 6) is -0.372. The SMILES string of the molecule is O=[N+]([O-])c1cc(Cl)cc(-c2ccc(OC(F)(F)F)cc2)c1. The van der Waals surface area contributed by atoms with Crippen molar-refractivity contribution in [2.75, 3.05) is 0 Å². The van der Waals surface area contributed by atoms with E-state index in [4.69, 9.17) is 11.6 Å². The number of ether oxygens (including phenoxy) is 1. The number of halogens is 4. The van der Waals surface area contributed by atoms with E-state index in [0.717, 1.165) is 12.1 Å². The quantitative estimate of drug-likeness (QED) is 0.602. The van der Waals surface area contributed by atoms with Gasteiger partial charge in [0.1, 0.15) is 5.75 Å². The molecule has 110 valence electrons. The van der Waals surface area contributed by atoms with Gasteiger partial charge in [-0.2, -0.15) is 0 Å². The Morgan fingerprint density at radius 2 is 1.67 bits per heavy atom. The van der Waals surface area contributed by atoms with Gasteiger partial charge in [-0.1, -0.05) is 23.7 Å². The van der Waals surface area contributed by atoms with Crippen LogP contribution in [0.25, 0.3) is 11.1 Å². The molecule has 0 aliphatic carbocycles. The maximum Gasteiger partial charge on any atom is 0.573 e. The van der Waals surface area contributed by atoms with E-state index in [-0.39, 0.29) is 16.5 Å². The molecule has 2 aromatic rings. The average Bonchev–Trinajstić information content (AvgIpc) is 2.37. The zero-order valence-electron chi connectivity index (χ0n) is 10.2. The Kier molecular flexibility index (Phi) is 4.04. The van der Waals surface area contributed by atoms with E-state index in [0.29, 0.717) is 11.1 Å². The Morgan fingerprint density at radius 1 is 1.05 bits per heavy atom. The molecule has 0 N–H and O–H groups in total. The second-order valence-corrected chi connectivity index (χ2v) is 4.46. The van der Waals surface area contributed by atoms with Gasteiger partial charge in [0.25, 0.3) is 5.69 Å². The summed E-state index contributed by atoms with van der Waals surface area (Å²) in [6.45, 7) is 0. The Balaban J connectivity index is 2.32. The number of nitro groups is 1. The fourth-order valence-electron chi connectivity index (χ4n) is 1.70. The third-order valence-electron chi connectivity index (χ3n) is 2.51. The Hall–Kier alpha value is -2.28. The van der Waals surface area contributed by atoms with Gasteiger partial charge in [0.15, 0.2) is 0 Å². The first-order valence-electron chi connectivity index (χ1n) is 5.56. The van der Waals surface area contributed by atoms with Crippen molar-refractivity contribution in [1.82, 2.24) is 0 Å². The second-order valence-electron chi connectivity index (χ2n) is 4.03. The summed E-state index contributed by atoms with van der Waals surface area (Å²) in [7, 11) is 0. The van der Waals surface area contributed by atoms with Gasteiger partial charge in [-0.05, 0) is 29.3 Å². The number of hydrogen-bond donors (Lipinski definition) is 0. The molecule has 0 saturated carbocycles. The highest BCUT2D eigenvalue weighted by Gasteiger charge is 2.30. The van der Waals surface area contributed by atoms with Crippen molar-refractivity contribution >= 4 is 17.3 Å². The fraction of sp³-hybridized carbons (Fsp3) is 0.0769. The zero-order chi connectivity index (χ0) is 15.6. The first-order valence-corrected chi connectivity index (χ1v) is 5.93. The van der Waals surface area contributed by atoms with Crippen LogP contribution in [0.1, 0.15) is 0 Å². The first kappa shape index (κ1) is 15.1. The van der Waals surface area contributed by atoms with Gasteiger partial charge in [0.2, 0.25) is 0 Å². The molecule has 0 atom stereocenters. The number of nitrogens with zero attached hydrogens (tertiary/aromatic N) is 1. The highest BCUT2D eigenvalue weighted by Crippen LogP contribution is 2.30. The highest BCUT2D eigenvalue weighted by molar-refractivity contribution is 6.31. The molecule has 0 fully saturated rings. The Bertz CT molecular complexity index is 671. The van der Waals surface area contributed by atoms with Crippen LogP contribution in [-0.4, -0.2) is 11.3 Å². The summed E-state index contributed by atoms with van der Waals surface area (Å²) in [4.78, 5) is 10.1. The summed E-state index contributed by atoms with van der Waals surface area (Å²) in [5, 5.41) is 10.9. The predicted octanol–water partition coefficient (Wildman–Crippen LogP) is 4.81. The largest absolute Gasteiger partial charge is 0.573 e. The number of rotatable bonds is 3. The molecule has 0 radical (unpaired) electrons. The van der Waals surface area contributed by atoms with Crippen LogP contribution in [0.5, 0.6) is 5.75 Å². The van der Waals surface area contributed by atoms with Crippen LogP contribution in [0.3, 0.4) is 0 Å². The van der Waals surface area contributed by atoms with Gasteiger partial charge in [0, 0.05) is 17.2 Å². The summed E-state index contributed by atoms with van der Waals surface area (Å²) in [6, 6.07) is 8.91. The lowest BCUT2D eigenvalue weighted by molar-refractivity contribution is -0.384. The molecule has 2 rings (SSSR count). The van der Waals surface area contributed by atoms with Crippen LogP contribution in [0, 0.1) is 10.1 Å². The van der Waals surface area contributed by atoms with Crippen molar-refractivity contribution in [2.24, 2.45) is 0 Å². The lowest BCUT2D eigenvalue weighted by atomic mass is 10.1. The number of nitro benzene ring substituents is 1. The molecule has 0 aliphatic rings. The number of benzene rings is 2. The molecule has 2 aromatic carbocycles. The lowest BCUT2D eigenvalue weighted by Crippen LogP contribution is -2.16. The topological polar surface area (TPSA) is 52.4 Å². The third-order valence-corrected chi connectivity index (χ3v) is 2.73. The maximum absolute atomic E-state index is 12.0. The molecule has 0 amide bonds. The van der Waals surface area contributed by atoms with Gasteiger partial charge in [0.05, 0.1) is 4.92 Å². The van der Waals surface area contributed by atoms with Crippen LogP contribution in [0.15, 0.2) is 42.5 Å². The third kappa shape index (κ3) is 4.09. The van der Waals surface area contributed by atoms with E-state index in [1.165, 1.54) is 30.3 Å². The van der Waals surface area contributed by atoms with Gasteiger partial charge >= 0.3 is 6.36 Å². The number of hydrogen-bond acceptors (Lipinski definition) is 3. The highest BCUT2D eigenvalue weighted by atomic mass is 35.5. The summed E-state index contributed by atoms with van der Waals surface area (Å²) < 4.78 is 39.9. The molecule has 21 heavy (non-hydrogen) atoms. The van der Waals surface area contributed by atoms with Crippen LogP contribution in [-0.2, 0) is 0 Å². The minimum Gasteiger partial charge on any atom is -0.406 e. The fourth-order valence-corrected chi connectivity index (χ4v) is 1.92. The van der Waals surface area contributed by atoms with Crippen molar-refractivity contribution in [3.63, 3.8) is 0 Å². The molecule has 0 unspecified atom stereocenters. The molecule has 0 heterocycles.